The Labute approximate surface area is 205 Å². The van der Waals surface area contributed by atoms with Crippen LogP contribution in [0.15, 0.2) is 47.4 Å². The van der Waals surface area contributed by atoms with E-state index in [1.54, 1.807) is 31.0 Å². The number of methoxy groups -OCH3 is 1. The molecule has 0 radical (unpaired) electrons. The summed E-state index contributed by atoms with van der Waals surface area (Å²) in [6.45, 7) is 6.78. The minimum atomic E-state index is -0.0202. The summed E-state index contributed by atoms with van der Waals surface area (Å²) in [5.41, 5.74) is 12.1. The second-order valence-electron chi connectivity index (χ2n) is 10.3. The van der Waals surface area contributed by atoms with Crippen LogP contribution in [0.25, 0.3) is 11.0 Å². The third-order valence-electron chi connectivity index (χ3n) is 8.25. The third kappa shape index (κ3) is 3.71. The van der Waals surface area contributed by atoms with Crippen molar-refractivity contribution in [2.45, 2.75) is 44.1 Å². The number of ether oxygens (including phenoxy) is 1. The Morgan fingerprint density at radius 2 is 1.97 bits per heavy atom. The van der Waals surface area contributed by atoms with Crippen molar-refractivity contribution in [2.24, 2.45) is 12.8 Å². The zero-order chi connectivity index (χ0) is 24.3. The number of piperazine rings is 1. The highest BCUT2D eigenvalue weighted by Crippen LogP contribution is 2.42. The van der Waals surface area contributed by atoms with Gasteiger partial charge in [-0.15, -0.1) is 0 Å². The average Bonchev–Trinajstić information content (AvgIpc) is 3.24. The molecule has 0 amide bonds. The number of aromatic nitrogens is 2. The van der Waals surface area contributed by atoms with Crippen molar-refractivity contribution in [3.05, 3.63) is 64.1 Å². The van der Waals surface area contributed by atoms with Crippen LogP contribution in [0.4, 0.5) is 11.4 Å². The van der Waals surface area contributed by atoms with E-state index in [9.17, 15) is 4.79 Å². The van der Waals surface area contributed by atoms with Gasteiger partial charge in [-0.25, -0.2) is 4.98 Å². The fraction of sp³-hybridized carbons (Fsp3) is 0.481. The minimum Gasteiger partial charge on any atom is -0.380 e. The van der Waals surface area contributed by atoms with Crippen LogP contribution in [-0.4, -0.2) is 65.9 Å². The first-order valence-corrected chi connectivity index (χ1v) is 12.6. The average molecular weight is 475 g/mol. The molecule has 0 aliphatic carbocycles. The first-order valence-electron chi connectivity index (χ1n) is 12.6. The molecule has 8 heteroatoms. The Morgan fingerprint density at radius 3 is 2.77 bits per heavy atom. The molecule has 0 spiro atoms. The van der Waals surface area contributed by atoms with Crippen LogP contribution in [0, 0.1) is 0 Å². The zero-order valence-corrected chi connectivity index (χ0v) is 20.7. The van der Waals surface area contributed by atoms with Gasteiger partial charge in [-0.05, 0) is 48.7 Å². The Balaban J connectivity index is 1.30. The van der Waals surface area contributed by atoms with Gasteiger partial charge in [-0.1, -0.05) is 6.07 Å². The smallest absolute Gasteiger partial charge is 0.253 e. The van der Waals surface area contributed by atoms with Gasteiger partial charge in [-0.2, -0.15) is 0 Å². The van der Waals surface area contributed by atoms with Gasteiger partial charge in [0.2, 0.25) is 0 Å². The standard InChI is InChI=1S/C27H34N6O2/c1-17-13-32(23-12-26(34)30(2)27-21(23)5-4-9-29-27)16-24-20-7-6-19(11-18(20)14-33(17)24)31-10-8-25(35-3)22(28)15-31/h4-7,9,11-12,17,22,24-25H,8,10,13-16,28H2,1-3H3/t17-,22+,24-,25+/m1/s1. The highest BCUT2D eigenvalue weighted by atomic mass is 16.5. The lowest BCUT2D eigenvalue weighted by Gasteiger charge is -2.43. The van der Waals surface area contributed by atoms with E-state index in [-0.39, 0.29) is 17.7 Å². The highest BCUT2D eigenvalue weighted by Gasteiger charge is 2.39. The van der Waals surface area contributed by atoms with E-state index in [0.29, 0.717) is 12.1 Å². The molecule has 35 heavy (non-hydrogen) atoms. The van der Waals surface area contributed by atoms with Gasteiger partial charge in [0.1, 0.15) is 5.65 Å². The normalized spacial score (nSPS) is 26.7. The van der Waals surface area contributed by atoms with Crippen molar-refractivity contribution < 1.29 is 4.74 Å². The van der Waals surface area contributed by atoms with Crippen LogP contribution in [0.2, 0.25) is 0 Å². The number of aryl methyl sites for hydroxylation is 1. The maximum absolute atomic E-state index is 12.7. The number of benzene rings is 1. The number of nitrogens with zero attached hydrogens (tertiary/aromatic N) is 5. The van der Waals surface area contributed by atoms with Gasteiger partial charge < -0.3 is 20.3 Å². The Kier molecular flexibility index (Phi) is 5.55. The molecule has 3 aromatic rings. The Morgan fingerprint density at radius 1 is 1.11 bits per heavy atom. The van der Waals surface area contributed by atoms with Gasteiger partial charge in [0.25, 0.3) is 5.56 Å². The molecule has 2 saturated heterocycles. The number of fused-ring (bicyclic) bond motifs is 4. The van der Waals surface area contributed by atoms with Crippen LogP contribution < -0.4 is 21.1 Å². The van der Waals surface area contributed by atoms with Crippen LogP contribution in [-0.2, 0) is 18.3 Å². The molecule has 5 heterocycles. The summed E-state index contributed by atoms with van der Waals surface area (Å²) in [5, 5.41) is 1.03. The van der Waals surface area contributed by atoms with Gasteiger partial charge in [0.15, 0.2) is 0 Å². The maximum Gasteiger partial charge on any atom is 0.253 e. The number of hydrogen-bond acceptors (Lipinski definition) is 7. The number of piperidine rings is 1. The Hall–Kier alpha value is -2.94. The summed E-state index contributed by atoms with van der Waals surface area (Å²) in [5.74, 6) is 0. The molecule has 3 aliphatic rings. The van der Waals surface area contributed by atoms with E-state index >= 15 is 0 Å². The zero-order valence-electron chi connectivity index (χ0n) is 20.7. The van der Waals surface area contributed by atoms with E-state index in [1.165, 1.54) is 16.8 Å². The SMILES string of the molecule is CO[C@H]1CCN(c2ccc3c(c2)CN2[C@H](C)CN(c4cc(=O)n(C)c5ncccc45)C[C@H]32)C[C@@H]1N. The number of anilines is 2. The molecule has 2 aromatic heterocycles. The lowest BCUT2D eigenvalue weighted by atomic mass is 9.98. The van der Waals surface area contributed by atoms with Crippen molar-refractivity contribution in [1.29, 1.82) is 0 Å². The molecule has 8 nitrogen and oxygen atoms in total. The summed E-state index contributed by atoms with van der Waals surface area (Å²) >= 11 is 0. The number of nitrogens with two attached hydrogens (primary N) is 1. The van der Waals surface area contributed by atoms with Crippen molar-refractivity contribution in [3.8, 4) is 0 Å². The maximum atomic E-state index is 12.7. The fourth-order valence-electron chi connectivity index (χ4n) is 6.32. The summed E-state index contributed by atoms with van der Waals surface area (Å²) in [6, 6.07) is 13.4. The number of hydrogen-bond donors (Lipinski definition) is 1. The van der Waals surface area contributed by atoms with E-state index < -0.39 is 0 Å². The first-order chi connectivity index (χ1) is 16.9. The summed E-state index contributed by atoms with van der Waals surface area (Å²) < 4.78 is 7.17. The first kappa shape index (κ1) is 22.5. The van der Waals surface area contributed by atoms with Gasteiger partial charge in [-0.3, -0.25) is 14.3 Å². The second kappa shape index (κ2) is 8.62. The van der Waals surface area contributed by atoms with Crippen LogP contribution in [0.1, 0.15) is 30.5 Å². The molecular weight excluding hydrogens is 440 g/mol. The number of pyridine rings is 2. The van der Waals surface area contributed by atoms with E-state index in [2.05, 4.69) is 50.9 Å². The monoisotopic (exact) mass is 474 g/mol. The summed E-state index contributed by atoms with van der Waals surface area (Å²) in [6.07, 6.45) is 2.85. The second-order valence-corrected chi connectivity index (χ2v) is 10.3. The molecule has 6 rings (SSSR count). The molecule has 4 atom stereocenters. The third-order valence-corrected chi connectivity index (χ3v) is 8.25. The van der Waals surface area contributed by atoms with E-state index in [1.807, 2.05) is 6.07 Å². The van der Waals surface area contributed by atoms with Crippen molar-refractivity contribution in [3.63, 3.8) is 0 Å². The molecule has 3 aliphatic heterocycles. The molecule has 2 fully saturated rings. The number of rotatable bonds is 3. The predicted molar refractivity (Wildman–Crippen MR) is 139 cm³/mol. The lowest BCUT2D eigenvalue weighted by molar-refractivity contribution is 0.0664. The van der Waals surface area contributed by atoms with Gasteiger partial charge in [0.05, 0.1) is 17.8 Å². The van der Waals surface area contributed by atoms with Crippen LogP contribution >= 0.6 is 0 Å². The molecule has 0 saturated carbocycles. The Bertz CT molecular complexity index is 1320. The van der Waals surface area contributed by atoms with E-state index in [0.717, 1.165) is 55.9 Å². The minimum absolute atomic E-state index is 0.0202. The van der Waals surface area contributed by atoms with Crippen LogP contribution in [0.3, 0.4) is 0 Å². The molecule has 1 aromatic carbocycles. The van der Waals surface area contributed by atoms with Gasteiger partial charge >= 0.3 is 0 Å². The van der Waals surface area contributed by atoms with Crippen molar-refractivity contribution in [1.82, 2.24) is 14.5 Å². The quantitative estimate of drug-likeness (QED) is 0.624. The summed E-state index contributed by atoms with van der Waals surface area (Å²) in [4.78, 5) is 24.6. The van der Waals surface area contributed by atoms with Crippen molar-refractivity contribution >= 4 is 22.4 Å². The molecule has 0 unspecified atom stereocenters. The lowest BCUT2D eigenvalue weighted by Crippen LogP contribution is -2.52. The molecule has 0 bridgehead atoms. The molecule has 2 N–H and O–H groups in total. The molecular formula is C27H34N6O2. The predicted octanol–water partition coefficient (Wildman–Crippen LogP) is 2.25. The van der Waals surface area contributed by atoms with E-state index in [4.69, 9.17) is 10.5 Å². The highest BCUT2D eigenvalue weighted by molar-refractivity contribution is 5.89. The van der Waals surface area contributed by atoms with Crippen LogP contribution in [0.5, 0.6) is 0 Å². The topological polar surface area (TPSA) is 79.9 Å². The van der Waals surface area contributed by atoms with Crippen molar-refractivity contribution in [2.75, 3.05) is 43.1 Å². The van der Waals surface area contributed by atoms with Gasteiger partial charge in [0, 0.05) is 82.3 Å². The largest absolute Gasteiger partial charge is 0.380 e. The summed E-state index contributed by atoms with van der Waals surface area (Å²) in [7, 11) is 3.54. The molecule has 184 valence electrons. The fourth-order valence-corrected chi connectivity index (χ4v) is 6.32.